The summed E-state index contributed by atoms with van der Waals surface area (Å²) in [5.41, 5.74) is 1.43. The van der Waals surface area contributed by atoms with Gasteiger partial charge in [-0.05, 0) is 35.7 Å². The molecule has 0 heterocycles. The first kappa shape index (κ1) is 18.8. The normalized spacial score (nSPS) is 11.3. The van der Waals surface area contributed by atoms with Crippen LogP contribution < -0.4 is 9.47 Å². The molecule has 0 radical (unpaired) electrons. The second-order valence-electron chi connectivity index (χ2n) is 6.16. The van der Waals surface area contributed by atoms with Crippen molar-refractivity contribution in [1.29, 1.82) is 0 Å². The summed E-state index contributed by atoms with van der Waals surface area (Å²) >= 11 is 0. The van der Waals surface area contributed by atoms with Crippen LogP contribution in [0.25, 0.3) is 0 Å². The molecular weight excluding hydrogens is 353 g/mol. The smallest absolute Gasteiger partial charge is 0.420 e. The first-order valence-electron chi connectivity index (χ1n) is 8.49. The molecule has 140 valence electrons. The third-order valence-corrected chi connectivity index (χ3v) is 4.06. The van der Waals surface area contributed by atoms with Crippen LogP contribution in [0.4, 0.5) is 13.2 Å². The Balaban J connectivity index is 1.82. The summed E-state index contributed by atoms with van der Waals surface area (Å²) < 4.78 is 51.6. The molecule has 0 fully saturated rings. The topological polar surface area (TPSA) is 18.5 Å². The molecule has 2 nitrogen and oxygen atoms in total. The van der Waals surface area contributed by atoms with Crippen LogP contribution in [-0.4, -0.2) is 0 Å². The third-order valence-electron chi connectivity index (χ3n) is 4.06. The summed E-state index contributed by atoms with van der Waals surface area (Å²) in [6, 6.07) is 20.8. The number of alkyl halides is 3. The van der Waals surface area contributed by atoms with Gasteiger partial charge < -0.3 is 9.47 Å². The van der Waals surface area contributed by atoms with Gasteiger partial charge in [-0.25, -0.2) is 0 Å². The zero-order chi connectivity index (χ0) is 19.3. The number of aryl methyl sites for hydroxylation is 1. The van der Waals surface area contributed by atoms with Crippen LogP contribution in [0.15, 0.2) is 72.8 Å². The minimum Gasteiger partial charge on any atom is -0.489 e. The first-order valence-corrected chi connectivity index (χ1v) is 8.49. The van der Waals surface area contributed by atoms with Gasteiger partial charge >= 0.3 is 6.18 Å². The van der Waals surface area contributed by atoms with Crippen molar-refractivity contribution >= 4 is 0 Å². The van der Waals surface area contributed by atoms with Gasteiger partial charge in [-0.15, -0.1) is 0 Å². The predicted molar refractivity (Wildman–Crippen MR) is 97.7 cm³/mol. The summed E-state index contributed by atoms with van der Waals surface area (Å²) in [5, 5.41) is 0. The molecule has 0 atom stereocenters. The lowest BCUT2D eigenvalue weighted by atomic mass is 10.1. The Kier molecular flexibility index (Phi) is 5.69. The van der Waals surface area contributed by atoms with Gasteiger partial charge in [-0.3, -0.25) is 0 Å². The molecule has 3 rings (SSSR count). The van der Waals surface area contributed by atoms with E-state index in [9.17, 15) is 13.2 Å². The van der Waals surface area contributed by atoms with Crippen LogP contribution in [0.3, 0.4) is 0 Å². The van der Waals surface area contributed by atoms with E-state index < -0.39 is 11.7 Å². The lowest BCUT2D eigenvalue weighted by Gasteiger charge is -2.18. The van der Waals surface area contributed by atoms with Crippen molar-refractivity contribution in [1.82, 2.24) is 0 Å². The Morgan fingerprint density at radius 3 is 1.67 bits per heavy atom. The molecule has 0 aromatic heterocycles. The number of hydrogen-bond acceptors (Lipinski definition) is 2. The van der Waals surface area contributed by atoms with E-state index >= 15 is 0 Å². The van der Waals surface area contributed by atoms with Gasteiger partial charge in [0.25, 0.3) is 0 Å². The molecule has 0 spiro atoms. The Labute approximate surface area is 156 Å². The molecule has 0 aliphatic heterocycles. The van der Waals surface area contributed by atoms with Crippen LogP contribution in [0, 0.1) is 6.92 Å². The average Bonchev–Trinajstić information content (AvgIpc) is 2.66. The molecule has 3 aromatic rings. The molecule has 5 heteroatoms. The minimum atomic E-state index is -4.54. The highest BCUT2D eigenvalue weighted by Crippen LogP contribution is 2.40. The lowest BCUT2D eigenvalue weighted by molar-refractivity contribution is -0.139. The van der Waals surface area contributed by atoms with Crippen molar-refractivity contribution in [2.75, 3.05) is 0 Å². The fourth-order valence-electron chi connectivity index (χ4n) is 2.63. The maximum Gasteiger partial charge on any atom is 0.420 e. The maximum atomic E-state index is 13.5. The van der Waals surface area contributed by atoms with Crippen molar-refractivity contribution in [3.05, 3.63) is 95.1 Å². The summed E-state index contributed by atoms with van der Waals surface area (Å²) in [5.74, 6) is -0.00541. The highest BCUT2D eigenvalue weighted by atomic mass is 19.4. The van der Waals surface area contributed by atoms with Gasteiger partial charge in [0.05, 0.1) is 0 Å². The number of rotatable bonds is 6. The summed E-state index contributed by atoms with van der Waals surface area (Å²) in [6.07, 6.45) is -4.54. The van der Waals surface area contributed by atoms with Gasteiger partial charge in [0.1, 0.15) is 30.3 Å². The SMILES string of the molecule is Cc1cc(OCc2ccccc2)c(C(F)(F)F)cc1OCc1ccccc1. The van der Waals surface area contributed by atoms with E-state index in [1.807, 2.05) is 48.5 Å². The van der Waals surface area contributed by atoms with Crippen molar-refractivity contribution in [2.45, 2.75) is 26.3 Å². The van der Waals surface area contributed by atoms with E-state index in [-0.39, 0.29) is 24.7 Å². The zero-order valence-electron chi connectivity index (χ0n) is 14.8. The Morgan fingerprint density at radius 2 is 1.19 bits per heavy atom. The van der Waals surface area contributed by atoms with Crippen molar-refractivity contribution in [3.8, 4) is 11.5 Å². The highest BCUT2D eigenvalue weighted by Gasteiger charge is 2.35. The average molecular weight is 372 g/mol. The van der Waals surface area contributed by atoms with Crippen LogP contribution in [-0.2, 0) is 19.4 Å². The summed E-state index contributed by atoms with van der Waals surface area (Å²) in [6.45, 7) is 1.96. The molecule has 0 aliphatic carbocycles. The molecule has 0 N–H and O–H groups in total. The van der Waals surface area contributed by atoms with E-state index in [4.69, 9.17) is 9.47 Å². The molecule has 3 aromatic carbocycles. The summed E-state index contributed by atoms with van der Waals surface area (Å²) in [4.78, 5) is 0. The Hall–Kier alpha value is -2.95. The standard InChI is InChI=1S/C22H19F3O2/c1-16-12-21(27-15-18-10-6-3-7-11-18)19(22(23,24)25)13-20(16)26-14-17-8-4-2-5-9-17/h2-13H,14-15H2,1H3. The lowest BCUT2D eigenvalue weighted by Crippen LogP contribution is -2.10. The highest BCUT2D eigenvalue weighted by molar-refractivity contribution is 5.47. The van der Waals surface area contributed by atoms with Crippen molar-refractivity contribution < 1.29 is 22.6 Å². The maximum absolute atomic E-state index is 13.5. The van der Waals surface area contributed by atoms with Crippen LogP contribution in [0.2, 0.25) is 0 Å². The van der Waals surface area contributed by atoms with Gasteiger partial charge in [-0.1, -0.05) is 60.7 Å². The number of halogens is 3. The second kappa shape index (κ2) is 8.16. The molecule has 0 saturated heterocycles. The molecule has 0 aliphatic rings. The second-order valence-corrected chi connectivity index (χ2v) is 6.16. The van der Waals surface area contributed by atoms with Gasteiger partial charge in [0.2, 0.25) is 0 Å². The monoisotopic (exact) mass is 372 g/mol. The molecule has 0 amide bonds. The third kappa shape index (κ3) is 5.03. The fraction of sp³-hybridized carbons (Fsp3) is 0.182. The number of ether oxygens (including phenoxy) is 2. The summed E-state index contributed by atoms with van der Waals surface area (Å²) in [7, 11) is 0. The van der Waals surface area contributed by atoms with Crippen molar-refractivity contribution in [3.63, 3.8) is 0 Å². The largest absolute Gasteiger partial charge is 0.489 e. The van der Waals surface area contributed by atoms with Crippen LogP contribution in [0.5, 0.6) is 11.5 Å². The van der Waals surface area contributed by atoms with E-state index in [0.717, 1.165) is 17.2 Å². The Morgan fingerprint density at radius 1 is 0.704 bits per heavy atom. The van der Waals surface area contributed by atoms with Crippen LogP contribution in [0.1, 0.15) is 22.3 Å². The molecule has 27 heavy (non-hydrogen) atoms. The van der Waals surface area contributed by atoms with E-state index in [0.29, 0.717) is 5.56 Å². The van der Waals surface area contributed by atoms with Gasteiger partial charge in [0, 0.05) is 0 Å². The van der Waals surface area contributed by atoms with Gasteiger partial charge in [0.15, 0.2) is 0 Å². The first-order chi connectivity index (χ1) is 12.9. The van der Waals surface area contributed by atoms with E-state index in [1.54, 1.807) is 19.1 Å². The zero-order valence-corrected chi connectivity index (χ0v) is 14.8. The van der Waals surface area contributed by atoms with Crippen LogP contribution >= 0.6 is 0 Å². The van der Waals surface area contributed by atoms with E-state index in [1.165, 1.54) is 6.07 Å². The Bertz CT molecular complexity index is 875. The minimum absolute atomic E-state index is 0.0631. The molecule has 0 unspecified atom stereocenters. The molecular formula is C22H19F3O2. The molecule has 0 bridgehead atoms. The quantitative estimate of drug-likeness (QED) is 0.515. The molecule has 0 saturated carbocycles. The predicted octanol–water partition coefficient (Wildman–Crippen LogP) is 6.17. The van der Waals surface area contributed by atoms with E-state index in [2.05, 4.69) is 0 Å². The number of hydrogen-bond donors (Lipinski definition) is 0. The fourth-order valence-corrected chi connectivity index (χ4v) is 2.63. The van der Waals surface area contributed by atoms with Crippen molar-refractivity contribution in [2.24, 2.45) is 0 Å². The number of benzene rings is 3. The van der Waals surface area contributed by atoms with Gasteiger partial charge in [-0.2, -0.15) is 13.2 Å².